The van der Waals surface area contributed by atoms with Crippen molar-refractivity contribution in [2.75, 3.05) is 39.8 Å². The molecule has 0 bridgehead atoms. The second-order valence-electron chi connectivity index (χ2n) is 7.41. The average Bonchev–Trinajstić information content (AvgIpc) is 2.68. The number of hydrogen-bond acceptors (Lipinski definition) is 3. The largest absolute Gasteiger partial charge is 0.385 e. The van der Waals surface area contributed by atoms with Crippen molar-refractivity contribution in [2.24, 2.45) is 5.92 Å². The highest BCUT2D eigenvalue weighted by atomic mass is 32.1. The summed E-state index contributed by atoms with van der Waals surface area (Å²) >= 11 is 5.33. The molecule has 138 valence electrons. The minimum absolute atomic E-state index is 0.361. The predicted octanol–water partition coefficient (Wildman–Crippen LogP) is 2.58. The molecule has 0 radical (unpaired) electrons. The molecule has 2 aliphatic rings. The first kappa shape index (κ1) is 18.6. The predicted molar refractivity (Wildman–Crippen MR) is 107 cm³/mol. The summed E-state index contributed by atoms with van der Waals surface area (Å²) in [6, 6.07) is 10.3. The monoisotopic (exact) mass is 361 g/mol. The fourth-order valence-corrected chi connectivity index (χ4v) is 4.57. The van der Waals surface area contributed by atoms with Gasteiger partial charge in [0.05, 0.1) is 5.60 Å². The zero-order valence-electron chi connectivity index (χ0n) is 15.3. The molecule has 1 aromatic rings. The molecule has 5 heteroatoms. The lowest BCUT2D eigenvalue weighted by Crippen LogP contribution is -2.51. The summed E-state index contributed by atoms with van der Waals surface area (Å²) in [5.41, 5.74) is 0.457. The molecule has 0 aromatic heterocycles. The molecule has 1 aliphatic carbocycles. The van der Waals surface area contributed by atoms with Crippen molar-refractivity contribution in [3.63, 3.8) is 0 Å². The minimum Gasteiger partial charge on any atom is -0.385 e. The summed E-state index contributed by atoms with van der Waals surface area (Å²) in [6.07, 6.45) is 5.47. The van der Waals surface area contributed by atoms with E-state index in [2.05, 4.69) is 27.2 Å². The molecule has 0 spiro atoms. The molecule has 1 aliphatic heterocycles. The van der Waals surface area contributed by atoms with Crippen LogP contribution < -0.4 is 5.32 Å². The standard InChI is InChI=1S/C20H31N3OS/c1-21-19(25)23-15-13-22(14-16-23)12-10-18-9-5-6-11-20(18,24)17-7-3-2-4-8-17/h2-4,7-8,18,24H,5-6,9-16H2,1H3,(H,21,25). The third-order valence-corrected chi connectivity index (χ3v) is 6.44. The Morgan fingerprint density at radius 2 is 1.92 bits per heavy atom. The summed E-state index contributed by atoms with van der Waals surface area (Å²) < 4.78 is 0. The minimum atomic E-state index is -0.644. The zero-order chi connectivity index (χ0) is 17.7. The van der Waals surface area contributed by atoms with Gasteiger partial charge in [-0.2, -0.15) is 0 Å². The summed E-state index contributed by atoms with van der Waals surface area (Å²) in [5.74, 6) is 0.361. The number of piperazine rings is 1. The van der Waals surface area contributed by atoms with Crippen LogP contribution in [0.5, 0.6) is 0 Å². The molecule has 4 nitrogen and oxygen atoms in total. The van der Waals surface area contributed by atoms with Gasteiger partial charge in [0.1, 0.15) is 0 Å². The van der Waals surface area contributed by atoms with Gasteiger partial charge in [0, 0.05) is 33.2 Å². The van der Waals surface area contributed by atoms with Crippen molar-refractivity contribution in [3.05, 3.63) is 35.9 Å². The maximum Gasteiger partial charge on any atom is 0.168 e. The molecule has 2 N–H and O–H groups in total. The first-order chi connectivity index (χ1) is 12.1. The highest BCUT2D eigenvalue weighted by Crippen LogP contribution is 2.43. The molecule has 3 rings (SSSR count). The average molecular weight is 362 g/mol. The highest BCUT2D eigenvalue weighted by Gasteiger charge is 2.40. The van der Waals surface area contributed by atoms with E-state index in [4.69, 9.17) is 12.2 Å². The highest BCUT2D eigenvalue weighted by molar-refractivity contribution is 7.80. The molecule has 1 aromatic carbocycles. The van der Waals surface area contributed by atoms with Crippen LogP contribution in [0.4, 0.5) is 0 Å². The fraction of sp³-hybridized carbons (Fsp3) is 0.650. The van der Waals surface area contributed by atoms with Gasteiger partial charge in [0.2, 0.25) is 0 Å². The van der Waals surface area contributed by atoms with E-state index < -0.39 is 5.60 Å². The van der Waals surface area contributed by atoms with E-state index in [1.54, 1.807) is 0 Å². The SMILES string of the molecule is CNC(=S)N1CCN(CCC2CCCCC2(O)c2ccccc2)CC1. The smallest absolute Gasteiger partial charge is 0.168 e. The van der Waals surface area contributed by atoms with Gasteiger partial charge in [-0.25, -0.2) is 0 Å². The van der Waals surface area contributed by atoms with Crippen LogP contribution in [0.1, 0.15) is 37.7 Å². The molecular weight excluding hydrogens is 330 g/mol. The van der Waals surface area contributed by atoms with Crippen LogP contribution in [0.25, 0.3) is 0 Å². The summed E-state index contributed by atoms with van der Waals surface area (Å²) in [6.45, 7) is 5.16. The number of benzene rings is 1. The van der Waals surface area contributed by atoms with Crippen LogP contribution in [0.2, 0.25) is 0 Å². The van der Waals surface area contributed by atoms with E-state index in [1.165, 1.54) is 6.42 Å². The quantitative estimate of drug-likeness (QED) is 0.807. The molecule has 1 saturated heterocycles. The Kier molecular flexibility index (Phi) is 6.31. The van der Waals surface area contributed by atoms with E-state index in [9.17, 15) is 5.11 Å². The van der Waals surface area contributed by atoms with Crippen molar-refractivity contribution in [1.82, 2.24) is 15.1 Å². The lowest BCUT2D eigenvalue weighted by atomic mass is 9.70. The zero-order valence-corrected chi connectivity index (χ0v) is 16.1. The Morgan fingerprint density at radius 1 is 1.20 bits per heavy atom. The van der Waals surface area contributed by atoms with Gasteiger partial charge in [-0.3, -0.25) is 4.90 Å². The van der Waals surface area contributed by atoms with E-state index in [0.29, 0.717) is 5.92 Å². The second kappa shape index (κ2) is 8.47. The van der Waals surface area contributed by atoms with Crippen LogP contribution in [-0.2, 0) is 5.60 Å². The molecule has 2 atom stereocenters. The van der Waals surface area contributed by atoms with Crippen LogP contribution in [0, 0.1) is 5.92 Å². The maximum absolute atomic E-state index is 11.4. The third-order valence-electron chi connectivity index (χ3n) is 5.98. The maximum atomic E-state index is 11.4. The molecule has 1 heterocycles. The Labute approximate surface area is 157 Å². The lowest BCUT2D eigenvalue weighted by molar-refractivity contribution is -0.0606. The van der Waals surface area contributed by atoms with E-state index in [-0.39, 0.29) is 0 Å². The van der Waals surface area contributed by atoms with Crippen molar-refractivity contribution in [1.29, 1.82) is 0 Å². The number of hydrogen-bond donors (Lipinski definition) is 2. The number of nitrogens with one attached hydrogen (secondary N) is 1. The third kappa shape index (κ3) is 4.33. The molecule has 1 saturated carbocycles. The van der Waals surface area contributed by atoms with Crippen molar-refractivity contribution >= 4 is 17.3 Å². The molecule has 25 heavy (non-hydrogen) atoms. The first-order valence-electron chi connectivity index (χ1n) is 9.60. The van der Waals surface area contributed by atoms with Gasteiger partial charge in [0.25, 0.3) is 0 Å². The van der Waals surface area contributed by atoms with Gasteiger partial charge in [-0.05, 0) is 49.5 Å². The first-order valence-corrected chi connectivity index (χ1v) is 10.0. The van der Waals surface area contributed by atoms with Crippen LogP contribution >= 0.6 is 12.2 Å². The lowest BCUT2D eigenvalue weighted by Gasteiger charge is -2.42. The normalized spacial score (nSPS) is 27.9. The van der Waals surface area contributed by atoms with Gasteiger partial charge >= 0.3 is 0 Å². The van der Waals surface area contributed by atoms with E-state index in [0.717, 1.165) is 69.1 Å². The van der Waals surface area contributed by atoms with Crippen molar-refractivity contribution in [2.45, 2.75) is 37.7 Å². The summed E-state index contributed by atoms with van der Waals surface area (Å²) in [5, 5.41) is 15.3. The Bertz CT molecular complexity index is 559. The van der Waals surface area contributed by atoms with Gasteiger partial charge in [0.15, 0.2) is 5.11 Å². The fourth-order valence-electron chi connectivity index (χ4n) is 4.39. The molecule has 2 unspecified atom stereocenters. The number of nitrogens with zero attached hydrogens (tertiary/aromatic N) is 2. The summed E-state index contributed by atoms with van der Waals surface area (Å²) in [4.78, 5) is 4.77. The van der Waals surface area contributed by atoms with Crippen LogP contribution in [-0.4, -0.2) is 59.8 Å². The van der Waals surface area contributed by atoms with E-state index in [1.807, 2.05) is 25.2 Å². The molecule has 0 amide bonds. The topological polar surface area (TPSA) is 38.7 Å². The van der Waals surface area contributed by atoms with Gasteiger partial charge < -0.3 is 15.3 Å². The van der Waals surface area contributed by atoms with Crippen molar-refractivity contribution < 1.29 is 5.11 Å². The number of aliphatic hydroxyl groups is 1. The second-order valence-corrected chi connectivity index (χ2v) is 7.79. The van der Waals surface area contributed by atoms with Crippen LogP contribution in [0.15, 0.2) is 30.3 Å². The van der Waals surface area contributed by atoms with Crippen LogP contribution in [0.3, 0.4) is 0 Å². The van der Waals surface area contributed by atoms with E-state index >= 15 is 0 Å². The molecule has 2 fully saturated rings. The van der Waals surface area contributed by atoms with Gasteiger partial charge in [-0.15, -0.1) is 0 Å². The summed E-state index contributed by atoms with van der Waals surface area (Å²) in [7, 11) is 1.89. The number of thiocarbonyl (C=S) groups is 1. The van der Waals surface area contributed by atoms with Gasteiger partial charge in [-0.1, -0.05) is 43.2 Å². The number of rotatable bonds is 4. The Hall–Kier alpha value is -1.17. The Morgan fingerprint density at radius 3 is 2.60 bits per heavy atom. The molecular formula is C20H31N3OS. The van der Waals surface area contributed by atoms with Crippen molar-refractivity contribution in [3.8, 4) is 0 Å². The Balaban J connectivity index is 1.56.